The van der Waals surface area contributed by atoms with Crippen molar-refractivity contribution >= 4 is 38.9 Å². The highest BCUT2D eigenvalue weighted by Crippen LogP contribution is 2.28. The Bertz CT molecular complexity index is 1020. The number of sulfonamides is 1. The number of anilines is 1. The first-order valence-electron chi connectivity index (χ1n) is 8.22. The Morgan fingerprint density at radius 3 is 2.57 bits per heavy atom. The van der Waals surface area contributed by atoms with E-state index in [2.05, 4.69) is 5.32 Å². The summed E-state index contributed by atoms with van der Waals surface area (Å²) in [4.78, 5) is 22.5. The van der Waals surface area contributed by atoms with Crippen LogP contribution in [0.1, 0.15) is 10.4 Å². The van der Waals surface area contributed by atoms with Crippen molar-refractivity contribution in [1.82, 2.24) is 4.31 Å². The third-order valence-corrected chi connectivity index (χ3v) is 6.48. The smallest absolute Gasteiger partial charge is 0.270 e. The fraction of sp³-hybridized carbons (Fsp3) is 0.235. The van der Waals surface area contributed by atoms with E-state index in [1.165, 1.54) is 40.7 Å². The number of hydrogen-bond acceptors (Lipinski definition) is 6. The third kappa shape index (κ3) is 4.30. The van der Waals surface area contributed by atoms with Gasteiger partial charge in [-0.1, -0.05) is 17.7 Å². The highest BCUT2D eigenvalue weighted by molar-refractivity contribution is 7.89. The highest BCUT2D eigenvalue weighted by atomic mass is 35.5. The number of benzene rings is 2. The van der Waals surface area contributed by atoms with Gasteiger partial charge in [0.2, 0.25) is 10.0 Å². The maximum Gasteiger partial charge on any atom is 0.270 e. The molecule has 1 fully saturated rings. The van der Waals surface area contributed by atoms with Gasteiger partial charge in [-0.05, 0) is 24.3 Å². The number of carbonyl (C=O) groups is 1. The molecule has 2 aromatic rings. The maximum atomic E-state index is 12.8. The summed E-state index contributed by atoms with van der Waals surface area (Å²) in [5.41, 5.74) is 0.0498. The molecule has 0 unspecified atom stereocenters. The van der Waals surface area contributed by atoms with Crippen molar-refractivity contribution in [3.8, 4) is 0 Å². The molecule has 2 aromatic carbocycles. The molecule has 0 aromatic heterocycles. The number of nitro groups is 1. The molecule has 3 rings (SSSR count). The number of morpholine rings is 1. The Morgan fingerprint density at radius 1 is 1.18 bits per heavy atom. The lowest BCUT2D eigenvalue weighted by atomic mass is 10.2. The first-order chi connectivity index (χ1) is 13.3. The van der Waals surface area contributed by atoms with Gasteiger partial charge in [-0.15, -0.1) is 0 Å². The van der Waals surface area contributed by atoms with E-state index in [0.29, 0.717) is 13.2 Å². The lowest BCUT2D eigenvalue weighted by Gasteiger charge is -2.26. The van der Waals surface area contributed by atoms with Crippen molar-refractivity contribution in [2.45, 2.75) is 4.90 Å². The SMILES string of the molecule is O=C(Nc1ccc(Cl)c(S(=O)(=O)N2CCOCC2)c1)c1cccc([N+](=O)[O-])c1. The van der Waals surface area contributed by atoms with E-state index in [9.17, 15) is 23.3 Å². The molecular formula is C17H16ClN3O6S. The van der Waals surface area contributed by atoms with E-state index >= 15 is 0 Å². The van der Waals surface area contributed by atoms with Crippen LogP contribution in [0.4, 0.5) is 11.4 Å². The maximum absolute atomic E-state index is 12.8. The number of rotatable bonds is 5. The molecule has 0 spiro atoms. The van der Waals surface area contributed by atoms with Crippen molar-refractivity contribution < 1.29 is 22.9 Å². The average molecular weight is 426 g/mol. The molecule has 0 bridgehead atoms. The molecule has 1 heterocycles. The van der Waals surface area contributed by atoms with E-state index in [0.717, 1.165) is 6.07 Å². The molecular weight excluding hydrogens is 410 g/mol. The fourth-order valence-electron chi connectivity index (χ4n) is 2.67. The summed E-state index contributed by atoms with van der Waals surface area (Å²) in [6.45, 7) is 1.01. The molecule has 1 N–H and O–H groups in total. The number of nitrogens with zero attached hydrogens (tertiary/aromatic N) is 2. The molecule has 0 radical (unpaired) electrons. The molecule has 1 aliphatic heterocycles. The van der Waals surface area contributed by atoms with Crippen molar-refractivity contribution in [3.05, 3.63) is 63.2 Å². The van der Waals surface area contributed by atoms with Gasteiger partial charge in [0, 0.05) is 36.5 Å². The average Bonchev–Trinajstić information content (AvgIpc) is 2.70. The number of nitrogens with one attached hydrogen (secondary N) is 1. The van der Waals surface area contributed by atoms with Gasteiger partial charge < -0.3 is 10.1 Å². The molecule has 1 aliphatic rings. The molecule has 148 valence electrons. The second-order valence-corrected chi connectivity index (χ2v) is 8.24. The molecule has 9 nitrogen and oxygen atoms in total. The van der Waals surface area contributed by atoms with Crippen LogP contribution in [0.15, 0.2) is 47.4 Å². The normalized spacial score (nSPS) is 15.2. The predicted octanol–water partition coefficient (Wildman–Crippen LogP) is 2.52. The molecule has 1 amide bonds. The van der Waals surface area contributed by atoms with Crippen LogP contribution in [-0.2, 0) is 14.8 Å². The van der Waals surface area contributed by atoms with Gasteiger partial charge >= 0.3 is 0 Å². The lowest BCUT2D eigenvalue weighted by Crippen LogP contribution is -2.40. The Balaban J connectivity index is 1.86. The summed E-state index contributed by atoms with van der Waals surface area (Å²) in [6, 6.07) is 9.31. The first-order valence-corrected chi connectivity index (χ1v) is 10.0. The Morgan fingerprint density at radius 2 is 1.89 bits per heavy atom. The largest absolute Gasteiger partial charge is 0.379 e. The summed E-state index contributed by atoms with van der Waals surface area (Å²) < 4.78 is 32.1. The Hall–Kier alpha value is -2.53. The van der Waals surface area contributed by atoms with Crippen LogP contribution in [0, 0.1) is 10.1 Å². The van der Waals surface area contributed by atoms with Gasteiger partial charge in [-0.3, -0.25) is 14.9 Å². The van der Waals surface area contributed by atoms with Crippen LogP contribution in [0.2, 0.25) is 5.02 Å². The quantitative estimate of drug-likeness (QED) is 0.580. The van der Waals surface area contributed by atoms with Gasteiger partial charge in [0.05, 0.1) is 23.2 Å². The number of amides is 1. The highest BCUT2D eigenvalue weighted by Gasteiger charge is 2.28. The van der Waals surface area contributed by atoms with E-state index in [1.807, 2.05) is 0 Å². The standard InChI is InChI=1S/C17H16ClN3O6S/c18-15-5-4-13(11-16(15)28(25,26)20-6-8-27-9-7-20)19-17(22)12-2-1-3-14(10-12)21(23)24/h1-5,10-11H,6-9H2,(H,19,22). The minimum Gasteiger partial charge on any atom is -0.379 e. The first kappa shape index (κ1) is 20.2. The second-order valence-electron chi connectivity index (χ2n) is 5.92. The summed E-state index contributed by atoms with van der Waals surface area (Å²) >= 11 is 6.08. The zero-order valence-corrected chi connectivity index (χ0v) is 16.1. The van der Waals surface area contributed by atoms with Crippen LogP contribution in [0.3, 0.4) is 0 Å². The molecule has 11 heteroatoms. The summed E-state index contributed by atoms with van der Waals surface area (Å²) in [5.74, 6) is -0.610. The minimum atomic E-state index is -3.85. The van der Waals surface area contributed by atoms with E-state index in [1.54, 1.807) is 0 Å². The third-order valence-electron chi connectivity index (χ3n) is 4.10. The number of non-ortho nitro benzene ring substituents is 1. The van der Waals surface area contributed by atoms with Gasteiger partial charge in [0.25, 0.3) is 11.6 Å². The van der Waals surface area contributed by atoms with E-state index < -0.39 is 20.9 Å². The summed E-state index contributed by atoms with van der Waals surface area (Å²) in [6.07, 6.45) is 0. The van der Waals surface area contributed by atoms with Crippen LogP contribution in [0.5, 0.6) is 0 Å². The molecule has 0 saturated carbocycles. The second kappa shape index (κ2) is 8.23. The Kier molecular flexibility index (Phi) is 5.94. The summed E-state index contributed by atoms with van der Waals surface area (Å²) in [5, 5.41) is 13.4. The van der Waals surface area contributed by atoms with E-state index in [4.69, 9.17) is 16.3 Å². The molecule has 0 atom stereocenters. The number of hydrogen-bond donors (Lipinski definition) is 1. The number of carbonyl (C=O) groups excluding carboxylic acids is 1. The fourth-order valence-corrected chi connectivity index (χ4v) is 4.58. The van der Waals surface area contributed by atoms with Crippen LogP contribution in [0.25, 0.3) is 0 Å². The predicted molar refractivity (Wildman–Crippen MR) is 102 cm³/mol. The summed E-state index contributed by atoms with van der Waals surface area (Å²) in [7, 11) is -3.85. The van der Waals surface area contributed by atoms with Crippen molar-refractivity contribution in [1.29, 1.82) is 0 Å². The molecule has 0 aliphatic carbocycles. The lowest BCUT2D eigenvalue weighted by molar-refractivity contribution is -0.384. The number of halogens is 1. The number of nitro benzene ring substituents is 1. The monoisotopic (exact) mass is 425 g/mol. The Labute approximate surface area is 166 Å². The molecule has 1 saturated heterocycles. The van der Waals surface area contributed by atoms with Crippen molar-refractivity contribution in [2.75, 3.05) is 31.6 Å². The zero-order chi connectivity index (χ0) is 20.3. The van der Waals surface area contributed by atoms with Gasteiger partial charge in [-0.25, -0.2) is 8.42 Å². The van der Waals surface area contributed by atoms with E-state index in [-0.39, 0.29) is 39.9 Å². The van der Waals surface area contributed by atoms with Gasteiger partial charge in [-0.2, -0.15) is 4.31 Å². The zero-order valence-electron chi connectivity index (χ0n) is 14.5. The van der Waals surface area contributed by atoms with Gasteiger partial charge in [0.15, 0.2) is 0 Å². The van der Waals surface area contributed by atoms with Crippen molar-refractivity contribution in [3.63, 3.8) is 0 Å². The van der Waals surface area contributed by atoms with Crippen LogP contribution < -0.4 is 5.32 Å². The molecule has 28 heavy (non-hydrogen) atoms. The number of ether oxygens (including phenoxy) is 1. The van der Waals surface area contributed by atoms with Crippen LogP contribution >= 0.6 is 11.6 Å². The minimum absolute atomic E-state index is 0.0276. The van der Waals surface area contributed by atoms with Crippen molar-refractivity contribution in [2.24, 2.45) is 0 Å². The van der Waals surface area contributed by atoms with Crippen LogP contribution in [-0.4, -0.2) is 49.9 Å². The van der Waals surface area contributed by atoms with Gasteiger partial charge in [0.1, 0.15) is 4.90 Å². The topological polar surface area (TPSA) is 119 Å².